The first-order valence-electron chi connectivity index (χ1n) is 12.5. The van der Waals surface area contributed by atoms with E-state index in [1.165, 1.54) is 51.4 Å². The van der Waals surface area contributed by atoms with Crippen LogP contribution < -0.4 is 0 Å². The molecule has 166 valence electrons. The van der Waals surface area contributed by atoms with Gasteiger partial charge in [0.05, 0.1) is 5.41 Å². The van der Waals surface area contributed by atoms with E-state index < -0.39 is 11.6 Å². The molecule has 28 heavy (non-hydrogen) atoms. The maximum atomic E-state index is 13.9. The van der Waals surface area contributed by atoms with E-state index in [4.69, 9.17) is 0 Å². The largest absolute Gasteiger partial charge is 0.394 e. The zero-order valence-electron chi connectivity index (χ0n) is 18.6. The number of rotatable bonds is 11. The molecule has 2 saturated carbocycles. The summed E-state index contributed by atoms with van der Waals surface area (Å²) in [5, 5.41) is 0. The summed E-state index contributed by atoms with van der Waals surface area (Å²) in [5.41, 5.74) is -1.37. The molecular weight excluding hydrogens is 357 g/mol. The predicted molar refractivity (Wildman–Crippen MR) is 113 cm³/mol. The normalized spacial score (nSPS) is 31.8. The second-order valence-electron chi connectivity index (χ2n) is 10.1. The Bertz CT molecular complexity index is 399. The standard InChI is InChI=1S/C25H45F3/c1-3-5-7-8-10-18-24(25(26,27)28)19-16-23(17-20-24)22-14-12-21(13-15-22)11-9-6-4-2/h21-23H,3-20H2,1-2H3/t21?,22?,23-,24+. The van der Waals surface area contributed by atoms with Crippen LogP contribution in [-0.4, -0.2) is 6.18 Å². The summed E-state index contributed by atoms with van der Waals surface area (Å²) in [6.45, 7) is 4.41. The fourth-order valence-electron chi connectivity index (χ4n) is 6.04. The molecule has 0 aromatic rings. The minimum atomic E-state index is -4.01. The number of unbranched alkanes of at least 4 members (excludes halogenated alkanes) is 6. The summed E-state index contributed by atoms with van der Waals surface area (Å²) >= 11 is 0. The summed E-state index contributed by atoms with van der Waals surface area (Å²) < 4.78 is 41.8. The Morgan fingerprint density at radius 3 is 1.79 bits per heavy atom. The summed E-state index contributed by atoms with van der Waals surface area (Å²) in [5.74, 6) is 2.16. The van der Waals surface area contributed by atoms with Gasteiger partial charge in [-0.2, -0.15) is 13.2 Å². The monoisotopic (exact) mass is 402 g/mol. The van der Waals surface area contributed by atoms with E-state index in [9.17, 15) is 13.2 Å². The van der Waals surface area contributed by atoms with E-state index in [2.05, 4.69) is 13.8 Å². The topological polar surface area (TPSA) is 0 Å². The van der Waals surface area contributed by atoms with Gasteiger partial charge in [0.1, 0.15) is 0 Å². The first kappa shape index (κ1) is 24.1. The molecule has 2 rings (SSSR count). The number of alkyl halides is 3. The van der Waals surface area contributed by atoms with E-state index in [-0.39, 0.29) is 0 Å². The molecule has 0 atom stereocenters. The van der Waals surface area contributed by atoms with Crippen LogP contribution in [0.2, 0.25) is 0 Å². The van der Waals surface area contributed by atoms with Gasteiger partial charge in [0.25, 0.3) is 0 Å². The summed E-state index contributed by atoms with van der Waals surface area (Å²) in [6.07, 6.45) is 14.5. The van der Waals surface area contributed by atoms with Crippen molar-refractivity contribution in [1.82, 2.24) is 0 Å². The molecule has 2 aliphatic carbocycles. The van der Waals surface area contributed by atoms with Crippen molar-refractivity contribution in [3.63, 3.8) is 0 Å². The lowest BCUT2D eigenvalue weighted by atomic mass is 9.62. The Balaban J connectivity index is 1.77. The minimum absolute atomic E-state index is 0.372. The van der Waals surface area contributed by atoms with Crippen LogP contribution in [0, 0.1) is 23.2 Å². The zero-order valence-corrected chi connectivity index (χ0v) is 18.6. The first-order chi connectivity index (χ1) is 13.4. The third-order valence-corrected chi connectivity index (χ3v) is 8.12. The Kier molecular flexibility index (Phi) is 10.2. The van der Waals surface area contributed by atoms with Crippen LogP contribution in [-0.2, 0) is 0 Å². The van der Waals surface area contributed by atoms with Gasteiger partial charge in [-0.3, -0.25) is 0 Å². The van der Waals surface area contributed by atoms with Crippen LogP contribution in [0.4, 0.5) is 13.2 Å². The van der Waals surface area contributed by atoms with Crippen LogP contribution in [0.25, 0.3) is 0 Å². The van der Waals surface area contributed by atoms with Gasteiger partial charge in [0.15, 0.2) is 0 Å². The molecule has 0 amide bonds. The maximum Gasteiger partial charge on any atom is 0.394 e. The number of hydrogen-bond donors (Lipinski definition) is 0. The molecule has 0 aromatic heterocycles. The highest BCUT2D eigenvalue weighted by Crippen LogP contribution is 2.55. The average Bonchev–Trinajstić information content (AvgIpc) is 2.68. The van der Waals surface area contributed by atoms with Crippen LogP contribution >= 0.6 is 0 Å². The second-order valence-corrected chi connectivity index (χ2v) is 10.1. The highest BCUT2D eigenvalue weighted by atomic mass is 19.4. The lowest BCUT2D eigenvalue weighted by molar-refractivity contribution is -0.241. The summed E-state index contributed by atoms with van der Waals surface area (Å²) in [7, 11) is 0. The van der Waals surface area contributed by atoms with E-state index in [0.717, 1.165) is 50.9 Å². The van der Waals surface area contributed by atoms with Crippen LogP contribution in [0.1, 0.15) is 129 Å². The van der Waals surface area contributed by atoms with Gasteiger partial charge in [0, 0.05) is 0 Å². The predicted octanol–water partition coefficient (Wildman–Crippen LogP) is 9.47. The Labute approximate surface area is 172 Å². The third-order valence-electron chi connectivity index (χ3n) is 8.12. The quantitative estimate of drug-likeness (QED) is 0.302. The van der Waals surface area contributed by atoms with Gasteiger partial charge in [-0.25, -0.2) is 0 Å². The van der Waals surface area contributed by atoms with Crippen LogP contribution in [0.5, 0.6) is 0 Å². The van der Waals surface area contributed by atoms with E-state index in [0.29, 0.717) is 31.1 Å². The highest BCUT2D eigenvalue weighted by Gasteiger charge is 2.55. The van der Waals surface area contributed by atoms with Gasteiger partial charge < -0.3 is 0 Å². The molecule has 0 unspecified atom stereocenters. The molecular formula is C25H45F3. The fraction of sp³-hybridized carbons (Fsp3) is 1.00. The summed E-state index contributed by atoms with van der Waals surface area (Å²) in [4.78, 5) is 0. The lowest BCUT2D eigenvalue weighted by Crippen LogP contribution is -2.42. The molecule has 0 radical (unpaired) electrons. The van der Waals surface area contributed by atoms with E-state index in [1.807, 2.05) is 0 Å². The van der Waals surface area contributed by atoms with Gasteiger partial charge in [-0.1, -0.05) is 84.5 Å². The van der Waals surface area contributed by atoms with Crippen molar-refractivity contribution < 1.29 is 13.2 Å². The molecule has 0 spiro atoms. The molecule has 0 nitrogen and oxygen atoms in total. The van der Waals surface area contributed by atoms with E-state index >= 15 is 0 Å². The Hall–Kier alpha value is -0.210. The molecule has 0 aromatic carbocycles. The molecule has 2 fully saturated rings. The number of halogens is 3. The van der Waals surface area contributed by atoms with E-state index in [1.54, 1.807) is 0 Å². The lowest BCUT2D eigenvalue weighted by Gasteiger charge is -2.44. The van der Waals surface area contributed by atoms with Crippen molar-refractivity contribution in [2.75, 3.05) is 0 Å². The van der Waals surface area contributed by atoms with Crippen molar-refractivity contribution in [2.24, 2.45) is 23.2 Å². The van der Waals surface area contributed by atoms with Gasteiger partial charge in [0.2, 0.25) is 0 Å². The van der Waals surface area contributed by atoms with Crippen molar-refractivity contribution in [3.8, 4) is 0 Å². The second kappa shape index (κ2) is 11.8. The smallest absolute Gasteiger partial charge is 0.171 e. The minimum Gasteiger partial charge on any atom is -0.171 e. The van der Waals surface area contributed by atoms with Gasteiger partial charge in [-0.15, -0.1) is 0 Å². The third kappa shape index (κ3) is 6.94. The van der Waals surface area contributed by atoms with Gasteiger partial charge in [-0.05, 0) is 62.7 Å². The average molecular weight is 403 g/mol. The fourth-order valence-corrected chi connectivity index (χ4v) is 6.04. The first-order valence-corrected chi connectivity index (χ1v) is 12.5. The van der Waals surface area contributed by atoms with Crippen molar-refractivity contribution >= 4 is 0 Å². The van der Waals surface area contributed by atoms with Crippen molar-refractivity contribution in [1.29, 1.82) is 0 Å². The van der Waals surface area contributed by atoms with Crippen molar-refractivity contribution in [3.05, 3.63) is 0 Å². The zero-order chi connectivity index (χ0) is 20.5. The maximum absolute atomic E-state index is 13.9. The number of hydrogen-bond acceptors (Lipinski definition) is 0. The summed E-state index contributed by atoms with van der Waals surface area (Å²) in [6, 6.07) is 0. The highest BCUT2D eigenvalue weighted by molar-refractivity contribution is 4.93. The Morgan fingerprint density at radius 2 is 1.21 bits per heavy atom. The van der Waals surface area contributed by atoms with Crippen LogP contribution in [0.3, 0.4) is 0 Å². The molecule has 0 N–H and O–H groups in total. The molecule has 0 bridgehead atoms. The van der Waals surface area contributed by atoms with Crippen molar-refractivity contribution in [2.45, 2.75) is 136 Å². The molecule has 0 saturated heterocycles. The van der Waals surface area contributed by atoms with Gasteiger partial charge >= 0.3 is 6.18 Å². The van der Waals surface area contributed by atoms with Crippen LogP contribution in [0.15, 0.2) is 0 Å². The molecule has 3 heteroatoms. The Morgan fingerprint density at radius 1 is 0.679 bits per heavy atom. The SMILES string of the molecule is CCCCCCC[C@]1(C(F)(F)F)CC[C@@H](C2CCC(CCCCC)CC2)CC1. The molecule has 0 heterocycles. The molecule has 0 aliphatic heterocycles. The molecule has 2 aliphatic rings.